The van der Waals surface area contributed by atoms with E-state index in [0.29, 0.717) is 6.04 Å². The molecular formula is C14H22N2. The van der Waals surface area contributed by atoms with Gasteiger partial charge < -0.3 is 4.90 Å². The highest BCUT2D eigenvalue weighted by Gasteiger charge is 2.24. The minimum atomic E-state index is 0.554. The molecule has 1 fully saturated rings. The summed E-state index contributed by atoms with van der Waals surface area (Å²) < 4.78 is 0. The molecule has 2 heteroatoms. The first kappa shape index (κ1) is 11.6. The van der Waals surface area contributed by atoms with Crippen molar-refractivity contribution < 1.29 is 0 Å². The van der Waals surface area contributed by atoms with Gasteiger partial charge in [0.2, 0.25) is 0 Å². The maximum Gasteiger partial charge on any atom is 0.0475 e. The van der Waals surface area contributed by atoms with Crippen molar-refractivity contribution in [2.45, 2.75) is 19.9 Å². The lowest BCUT2D eigenvalue weighted by molar-refractivity contribution is 0.114. The van der Waals surface area contributed by atoms with Crippen molar-refractivity contribution in [1.29, 1.82) is 0 Å². The third-order valence-corrected chi connectivity index (χ3v) is 3.64. The normalized spacial score (nSPS) is 23.6. The van der Waals surface area contributed by atoms with Crippen LogP contribution in [-0.2, 0) is 0 Å². The number of nitrogens with zero attached hydrogens (tertiary/aromatic N) is 2. The lowest BCUT2D eigenvalue weighted by atomic mass is 9.96. The molecule has 0 amide bonds. The molecule has 1 atom stereocenters. The van der Waals surface area contributed by atoms with Crippen LogP contribution in [0.1, 0.15) is 22.7 Å². The first-order valence-electron chi connectivity index (χ1n) is 6.04. The lowest BCUT2D eigenvalue weighted by Crippen LogP contribution is -2.44. The molecule has 88 valence electrons. The molecule has 2 nitrogen and oxygen atoms in total. The summed E-state index contributed by atoms with van der Waals surface area (Å²) in [4.78, 5) is 4.90. The molecule has 1 aliphatic rings. The summed E-state index contributed by atoms with van der Waals surface area (Å²) in [6, 6.07) is 7.34. The molecule has 1 unspecified atom stereocenters. The van der Waals surface area contributed by atoms with E-state index in [4.69, 9.17) is 0 Å². The van der Waals surface area contributed by atoms with Crippen molar-refractivity contribution >= 4 is 0 Å². The Morgan fingerprint density at radius 2 is 1.88 bits per heavy atom. The van der Waals surface area contributed by atoms with Crippen LogP contribution in [0.3, 0.4) is 0 Å². The first-order chi connectivity index (χ1) is 7.58. The van der Waals surface area contributed by atoms with Gasteiger partial charge in [0.25, 0.3) is 0 Å². The molecule has 1 aromatic carbocycles. The Labute approximate surface area is 98.9 Å². The molecular weight excluding hydrogens is 196 g/mol. The Hall–Kier alpha value is -0.860. The number of aryl methyl sites for hydroxylation is 2. The maximum absolute atomic E-state index is 2.47. The SMILES string of the molecule is Cc1ccc(C)c(C2CN(C)CCN2C)c1. The summed E-state index contributed by atoms with van der Waals surface area (Å²) in [6.45, 7) is 7.87. The first-order valence-corrected chi connectivity index (χ1v) is 6.04. The second-order valence-electron chi connectivity index (χ2n) is 5.12. The minimum Gasteiger partial charge on any atom is -0.303 e. The van der Waals surface area contributed by atoms with Crippen LogP contribution < -0.4 is 0 Å². The van der Waals surface area contributed by atoms with Gasteiger partial charge in [-0.3, -0.25) is 4.90 Å². The molecule has 0 saturated carbocycles. The van der Waals surface area contributed by atoms with E-state index >= 15 is 0 Å². The van der Waals surface area contributed by atoms with Crippen molar-refractivity contribution in [3.8, 4) is 0 Å². The van der Waals surface area contributed by atoms with E-state index in [2.05, 4.69) is 55.9 Å². The summed E-state index contributed by atoms with van der Waals surface area (Å²) in [6.07, 6.45) is 0. The molecule has 0 N–H and O–H groups in total. The topological polar surface area (TPSA) is 6.48 Å². The van der Waals surface area contributed by atoms with Crippen LogP contribution in [0.2, 0.25) is 0 Å². The average molecular weight is 218 g/mol. The van der Waals surface area contributed by atoms with Crippen LogP contribution >= 0.6 is 0 Å². The van der Waals surface area contributed by atoms with Crippen LogP contribution in [0.4, 0.5) is 0 Å². The number of piperazine rings is 1. The van der Waals surface area contributed by atoms with Gasteiger partial charge in [0, 0.05) is 25.7 Å². The summed E-state index contributed by atoms with van der Waals surface area (Å²) in [5.41, 5.74) is 4.27. The number of benzene rings is 1. The zero-order valence-corrected chi connectivity index (χ0v) is 10.8. The van der Waals surface area contributed by atoms with E-state index in [-0.39, 0.29) is 0 Å². The molecule has 0 spiro atoms. The molecule has 1 aliphatic heterocycles. The number of hydrogen-bond acceptors (Lipinski definition) is 2. The monoisotopic (exact) mass is 218 g/mol. The molecule has 16 heavy (non-hydrogen) atoms. The van der Waals surface area contributed by atoms with E-state index in [1.165, 1.54) is 23.2 Å². The third kappa shape index (κ3) is 2.28. The van der Waals surface area contributed by atoms with Crippen molar-refractivity contribution in [3.05, 3.63) is 34.9 Å². The second kappa shape index (κ2) is 4.56. The molecule has 2 rings (SSSR count). The van der Waals surface area contributed by atoms with E-state index in [1.807, 2.05) is 0 Å². The van der Waals surface area contributed by atoms with Crippen molar-refractivity contribution in [2.75, 3.05) is 33.7 Å². The van der Waals surface area contributed by atoms with E-state index in [9.17, 15) is 0 Å². The highest BCUT2D eigenvalue weighted by molar-refractivity contribution is 5.33. The Morgan fingerprint density at radius 1 is 1.12 bits per heavy atom. The van der Waals surface area contributed by atoms with Gasteiger partial charge in [-0.05, 0) is 39.1 Å². The minimum absolute atomic E-state index is 0.554. The highest BCUT2D eigenvalue weighted by atomic mass is 15.3. The summed E-state index contributed by atoms with van der Waals surface area (Å²) in [5.74, 6) is 0. The van der Waals surface area contributed by atoms with Gasteiger partial charge in [0.1, 0.15) is 0 Å². The van der Waals surface area contributed by atoms with Crippen molar-refractivity contribution in [3.63, 3.8) is 0 Å². The maximum atomic E-state index is 2.47. The van der Waals surface area contributed by atoms with Gasteiger partial charge >= 0.3 is 0 Å². The van der Waals surface area contributed by atoms with E-state index in [1.54, 1.807) is 0 Å². The van der Waals surface area contributed by atoms with Gasteiger partial charge in [-0.1, -0.05) is 23.8 Å². The molecule has 0 bridgehead atoms. The summed E-state index contributed by atoms with van der Waals surface area (Å²) in [5, 5.41) is 0. The fourth-order valence-corrected chi connectivity index (χ4v) is 2.46. The van der Waals surface area contributed by atoms with E-state index in [0.717, 1.165) is 13.1 Å². The van der Waals surface area contributed by atoms with Crippen LogP contribution in [0.5, 0.6) is 0 Å². The molecule has 1 saturated heterocycles. The van der Waals surface area contributed by atoms with Gasteiger partial charge in [0.15, 0.2) is 0 Å². The van der Waals surface area contributed by atoms with Crippen LogP contribution in [0, 0.1) is 13.8 Å². The number of rotatable bonds is 1. The van der Waals surface area contributed by atoms with Gasteiger partial charge in [-0.2, -0.15) is 0 Å². The van der Waals surface area contributed by atoms with Crippen LogP contribution in [0.15, 0.2) is 18.2 Å². The fourth-order valence-electron chi connectivity index (χ4n) is 2.46. The zero-order valence-electron chi connectivity index (χ0n) is 10.8. The molecule has 0 aliphatic carbocycles. The van der Waals surface area contributed by atoms with Crippen molar-refractivity contribution in [2.24, 2.45) is 0 Å². The zero-order chi connectivity index (χ0) is 11.7. The Balaban J connectivity index is 2.30. The Morgan fingerprint density at radius 3 is 2.62 bits per heavy atom. The Bertz CT molecular complexity index is 373. The second-order valence-corrected chi connectivity index (χ2v) is 5.12. The summed E-state index contributed by atoms with van der Waals surface area (Å²) >= 11 is 0. The lowest BCUT2D eigenvalue weighted by Gasteiger charge is -2.38. The Kier molecular flexibility index (Phi) is 3.31. The van der Waals surface area contributed by atoms with Gasteiger partial charge in [-0.25, -0.2) is 0 Å². The van der Waals surface area contributed by atoms with Gasteiger partial charge in [0.05, 0.1) is 0 Å². The average Bonchev–Trinajstić information content (AvgIpc) is 2.25. The fraction of sp³-hybridized carbons (Fsp3) is 0.571. The van der Waals surface area contributed by atoms with Gasteiger partial charge in [-0.15, -0.1) is 0 Å². The molecule has 1 aromatic rings. The predicted octanol–water partition coefficient (Wildman–Crippen LogP) is 2.22. The van der Waals surface area contributed by atoms with Crippen LogP contribution in [0.25, 0.3) is 0 Å². The molecule has 0 radical (unpaired) electrons. The standard InChI is InChI=1S/C14H22N2/c1-11-5-6-12(2)13(9-11)14-10-15(3)7-8-16(14)4/h5-6,9,14H,7-8,10H2,1-4H3. The van der Waals surface area contributed by atoms with E-state index < -0.39 is 0 Å². The molecule has 1 heterocycles. The van der Waals surface area contributed by atoms with Crippen molar-refractivity contribution in [1.82, 2.24) is 9.80 Å². The number of hydrogen-bond donors (Lipinski definition) is 0. The number of likely N-dealkylation sites (N-methyl/N-ethyl adjacent to an activating group) is 2. The predicted molar refractivity (Wildman–Crippen MR) is 68.8 cm³/mol. The smallest absolute Gasteiger partial charge is 0.0475 e. The quantitative estimate of drug-likeness (QED) is 0.713. The largest absolute Gasteiger partial charge is 0.303 e. The van der Waals surface area contributed by atoms with Crippen LogP contribution in [-0.4, -0.2) is 43.5 Å². The molecule has 0 aromatic heterocycles. The third-order valence-electron chi connectivity index (χ3n) is 3.64. The summed E-state index contributed by atoms with van der Waals surface area (Å²) in [7, 11) is 4.45. The highest BCUT2D eigenvalue weighted by Crippen LogP contribution is 2.26.